The van der Waals surface area contributed by atoms with Gasteiger partial charge in [0.15, 0.2) is 0 Å². The van der Waals surface area contributed by atoms with E-state index in [9.17, 15) is 32.9 Å². The normalized spacial score (nSPS) is 11.1. The summed E-state index contributed by atoms with van der Waals surface area (Å²) in [4.78, 5) is 34.1. The predicted octanol–water partition coefficient (Wildman–Crippen LogP) is 4.01. The van der Waals surface area contributed by atoms with Gasteiger partial charge in [0, 0.05) is 24.4 Å². The number of anilines is 1. The smallest absolute Gasteiger partial charge is 0.355 e. The molecule has 0 spiro atoms. The molecule has 0 saturated carbocycles. The van der Waals surface area contributed by atoms with Gasteiger partial charge >= 0.3 is 6.18 Å². The lowest BCUT2D eigenvalue weighted by Gasteiger charge is -2.12. The monoisotopic (exact) mass is 427 g/mol. The standard InChI is InChI=1S/C18H16F3N3O4S/c1-10-12(17(26)22-2)4-3-5-13(10)23-16(25)9-29-15-7-6-11(18(19,20)21)8-14(15)24(27)28/h3-8H,9H2,1-2H3,(H,22,26)(H,23,25). The van der Waals surface area contributed by atoms with Crippen molar-refractivity contribution in [3.8, 4) is 0 Å². The molecule has 7 nitrogen and oxygen atoms in total. The number of nitrogens with one attached hydrogen (secondary N) is 2. The number of nitrogens with zero attached hydrogens (tertiary/aromatic N) is 1. The number of rotatable bonds is 6. The number of halogens is 3. The van der Waals surface area contributed by atoms with Crippen molar-refractivity contribution in [3.63, 3.8) is 0 Å². The lowest BCUT2D eigenvalue weighted by atomic mass is 10.1. The molecule has 0 aromatic heterocycles. The van der Waals surface area contributed by atoms with Crippen LogP contribution < -0.4 is 10.6 Å². The number of carbonyl (C=O) groups excluding carboxylic acids is 2. The Balaban J connectivity index is 2.14. The van der Waals surface area contributed by atoms with Crippen molar-refractivity contribution < 1.29 is 27.7 Å². The molecule has 29 heavy (non-hydrogen) atoms. The van der Waals surface area contributed by atoms with Crippen molar-refractivity contribution in [1.29, 1.82) is 0 Å². The number of hydrogen-bond acceptors (Lipinski definition) is 5. The number of nitro groups is 1. The first-order valence-electron chi connectivity index (χ1n) is 8.14. The van der Waals surface area contributed by atoms with Crippen LogP contribution in [0.3, 0.4) is 0 Å². The van der Waals surface area contributed by atoms with Crippen LogP contribution in [0.2, 0.25) is 0 Å². The summed E-state index contributed by atoms with van der Waals surface area (Å²) in [5, 5.41) is 16.2. The third-order valence-corrected chi connectivity index (χ3v) is 4.98. The van der Waals surface area contributed by atoms with Gasteiger partial charge in [-0.2, -0.15) is 13.2 Å². The Labute approximate surface area is 167 Å². The second-order valence-electron chi connectivity index (χ2n) is 5.83. The van der Waals surface area contributed by atoms with Gasteiger partial charge in [-0.05, 0) is 36.8 Å². The molecule has 0 aliphatic carbocycles. The molecular weight excluding hydrogens is 411 g/mol. The Hall–Kier alpha value is -3.08. The molecule has 0 fully saturated rings. The first kappa shape index (κ1) is 22.2. The summed E-state index contributed by atoms with van der Waals surface area (Å²) >= 11 is 0.743. The Morgan fingerprint density at radius 3 is 2.48 bits per heavy atom. The van der Waals surface area contributed by atoms with E-state index in [1.807, 2.05) is 0 Å². The number of alkyl halides is 3. The van der Waals surface area contributed by atoms with E-state index >= 15 is 0 Å². The largest absolute Gasteiger partial charge is 0.416 e. The second-order valence-corrected chi connectivity index (χ2v) is 6.85. The van der Waals surface area contributed by atoms with Crippen molar-refractivity contribution in [2.45, 2.75) is 18.0 Å². The van der Waals surface area contributed by atoms with Gasteiger partial charge in [0.2, 0.25) is 5.91 Å². The topological polar surface area (TPSA) is 101 Å². The average Bonchev–Trinajstić information content (AvgIpc) is 2.66. The molecule has 154 valence electrons. The van der Waals surface area contributed by atoms with Crippen LogP contribution in [-0.4, -0.2) is 29.5 Å². The molecule has 0 atom stereocenters. The van der Waals surface area contributed by atoms with Crippen LogP contribution in [-0.2, 0) is 11.0 Å². The molecule has 2 aromatic rings. The summed E-state index contributed by atoms with van der Waals surface area (Å²) in [6.07, 6.45) is -4.71. The third-order valence-electron chi connectivity index (χ3n) is 3.92. The van der Waals surface area contributed by atoms with Gasteiger partial charge < -0.3 is 10.6 Å². The van der Waals surface area contributed by atoms with E-state index in [0.29, 0.717) is 22.9 Å². The summed E-state index contributed by atoms with van der Waals surface area (Å²) in [5.74, 6) is -1.12. The molecule has 0 heterocycles. The summed E-state index contributed by atoms with van der Waals surface area (Å²) in [6, 6.07) is 6.90. The van der Waals surface area contributed by atoms with Crippen molar-refractivity contribution in [2.24, 2.45) is 0 Å². The van der Waals surface area contributed by atoms with Crippen LogP contribution in [0.25, 0.3) is 0 Å². The fourth-order valence-electron chi connectivity index (χ4n) is 2.44. The van der Waals surface area contributed by atoms with E-state index in [4.69, 9.17) is 0 Å². The van der Waals surface area contributed by atoms with Gasteiger partial charge in [0.05, 0.1) is 21.1 Å². The van der Waals surface area contributed by atoms with Crippen LogP contribution in [0.15, 0.2) is 41.3 Å². The quantitative estimate of drug-likeness (QED) is 0.412. The minimum absolute atomic E-state index is 0.0611. The molecule has 0 aliphatic rings. The predicted molar refractivity (Wildman–Crippen MR) is 102 cm³/mol. The first-order valence-corrected chi connectivity index (χ1v) is 9.13. The molecule has 2 N–H and O–H groups in total. The lowest BCUT2D eigenvalue weighted by molar-refractivity contribution is -0.388. The maximum absolute atomic E-state index is 12.8. The minimum atomic E-state index is -4.71. The molecule has 0 unspecified atom stereocenters. The Bertz CT molecular complexity index is 964. The lowest BCUT2D eigenvalue weighted by Crippen LogP contribution is -2.20. The fourth-order valence-corrected chi connectivity index (χ4v) is 3.24. The van der Waals surface area contributed by atoms with Crippen molar-refractivity contribution in [3.05, 3.63) is 63.2 Å². The Kier molecular flexibility index (Phi) is 6.85. The van der Waals surface area contributed by atoms with Gasteiger partial charge in [-0.3, -0.25) is 19.7 Å². The highest BCUT2D eigenvalue weighted by atomic mass is 32.2. The zero-order chi connectivity index (χ0) is 21.8. The zero-order valence-corrected chi connectivity index (χ0v) is 16.1. The van der Waals surface area contributed by atoms with Gasteiger partial charge in [-0.15, -0.1) is 11.8 Å². The average molecular weight is 427 g/mol. The number of thioether (sulfide) groups is 1. The number of benzene rings is 2. The maximum atomic E-state index is 12.8. The summed E-state index contributed by atoms with van der Waals surface area (Å²) in [7, 11) is 1.47. The first-order chi connectivity index (χ1) is 13.5. The molecule has 0 aliphatic heterocycles. The van der Waals surface area contributed by atoms with E-state index in [-0.39, 0.29) is 16.6 Å². The highest BCUT2D eigenvalue weighted by molar-refractivity contribution is 8.00. The van der Waals surface area contributed by atoms with Crippen molar-refractivity contribution in [1.82, 2.24) is 5.32 Å². The third kappa shape index (κ3) is 5.47. The zero-order valence-electron chi connectivity index (χ0n) is 15.3. The summed E-state index contributed by atoms with van der Waals surface area (Å²) < 4.78 is 38.3. The molecule has 11 heteroatoms. The Morgan fingerprint density at radius 1 is 1.21 bits per heavy atom. The molecule has 2 rings (SSSR count). The molecule has 2 amide bonds. The minimum Gasteiger partial charge on any atom is -0.355 e. The molecule has 0 radical (unpaired) electrons. The highest BCUT2D eigenvalue weighted by Gasteiger charge is 2.33. The van der Waals surface area contributed by atoms with E-state index in [0.717, 1.165) is 23.9 Å². The van der Waals surface area contributed by atoms with Crippen molar-refractivity contribution >= 4 is 35.0 Å². The van der Waals surface area contributed by atoms with Crippen molar-refractivity contribution in [2.75, 3.05) is 18.1 Å². The van der Waals surface area contributed by atoms with Crippen LogP contribution in [0.4, 0.5) is 24.5 Å². The van der Waals surface area contributed by atoms with Crippen LogP contribution in [0.5, 0.6) is 0 Å². The number of amides is 2. The van der Waals surface area contributed by atoms with Gasteiger partial charge in [0.1, 0.15) is 0 Å². The summed E-state index contributed by atoms with van der Waals surface area (Å²) in [5.41, 5.74) is -0.573. The molecule has 0 saturated heterocycles. The second kappa shape index (κ2) is 8.95. The van der Waals surface area contributed by atoms with Gasteiger partial charge in [-0.1, -0.05) is 6.07 Å². The summed E-state index contributed by atoms with van der Waals surface area (Å²) in [6.45, 7) is 1.65. The van der Waals surface area contributed by atoms with E-state index in [1.165, 1.54) is 7.05 Å². The van der Waals surface area contributed by atoms with E-state index in [1.54, 1.807) is 25.1 Å². The molecule has 0 bridgehead atoms. The van der Waals surface area contributed by atoms with Crippen LogP contribution in [0, 0.1) is 17.0 Å². The highest BCUT2D eigenvalue weighted by Crippen LogP contribution is 2.36. The Morgan fingerprint density at radius 2 is 1.90 bits per heavy atom. The molecule has 2 aromatic carbocycles. The van der Waals surface area contributed by atoms with Crippen LogP contribution in [0.1, 0.15) is 21.5 Å². The van der Waals surface area contributed by atoms with Gasteiger partial charge in [0.25, 0.3) is 11.6 Å². The maximum Gasteiger partial charge on any atom is 0.416 e. The number of nitro benzene ring substituents is 1. The fraction of sp³-hybridized carbons (Fsp3) is 0.222. The van der Waals surface area contributed by atoms with Gasteiger partial charge in [-0.25, -0.2) is 0 Å². The van der Waals surface area contributed by atoms with E-state index in [2.05, 4.69) is 10.6 Å². The molecular formula is C18H16F3N3O4S. The number of carbonyl (C=O) groups is 2. The SMILES string of the molecule is CNC(=O)c1cccc(NC(=O)CSc2ccc(C(F)(F)F)cc2[N+](=O)[O-])c1C. The van der Waals surface area contributed by atoms with Crippen LogP contribution >= 0.6 is 11.8 Å². The number of hydrogen-bond donors (Lipinski definition) is 2. The van der Waals surface area contributed by atoms with E-state index < -0.39 is 28.3 Å².